The van der Waals surface area contributed by atoms with Crippen molar-refractivity contribution in [2.45, 2.75) is 12.5 Å². The number of carbonyl (C=O) groups excluding carboxylic acids is 1. The highest BCUT2D eigenvalue weighted by Gasteiger charge is 2.16. The average Bonchev–Trinajstić information content (AvgIpc) is 2.66. The van der Waals surface area contributed by atoms with E-state index in [9.17, 15) is 9.90 Å². The number of nitrogens with one attached hydrogen (secondary N) is 1. The van der Waals surface area contributed by atoms with E-state index in [1.165, 1.54) is 0 Å². The van der Waals surface area contributed by atoms with E-state index in [1.807, 2.05) is 30.1 Å². The molecule has 2 aromatic rings. The minimum atomic E-state index is -0.736. The molecule has 3 rings (SSSR count). The monoisotopic (exact) mass is 376 g/mol. The number of rotatable bonds is 6. The number of benzene rings is 2. The van der Waals surface area contributed by atoms with Crippen molar-refractivity contribution in [3.8, 4) is 5.75 Å². The van der Waals surface area contributed by atoms with Crippen molar-refractivity contribution < 1.29 is 19.7 Å². The molecule has 7 heteroatoms. The summed E-state index contributed by atoms with van der Waals surface area (Å²) in [5, 5.41) is 13.3. The molecule has 1 unspecified atom stereocenters. The van der Waals surface area contributed by atoms with Gasteiger partial charge in [-0.05, 0) is 18.2 Å². The van der Waals surface area contributed by atoms with Gasteiger partial charge in [0.2, 0.25) is 0 Å². The second-order valence-corrected chi connectivity index (χ2v) is 6.58. The second kappa shape index (κ2) is 8.40. The normalized spacial score (nSPS) is 14.1. The van der Waals surface area contributed by atoms with Crippen LogP contribution in [0.5, 0.6) is 5.75 Å². The van der Waals surface area contributed by atoms with E-state index in [4.69, 9.17) is 21.4 Å². The Labute approximate surface area is 157 Å². The fraction of sp³-hybridized carbons (Fsp3) is 0.316. The molecule has 6 nitrogen and oxygen atoms in total. The molecule has 1 aliphatic heterocycles. The third kappa shape index (κ3) is 4.46. The third-order valence-electron chi connectivity index (χ3n) is 4.20. The summed E-state index contributed by atoms with van der Waals surface area (Å²) in [5.74, 6) is 0.388. The minimum absolute atomic E-state index is 0.124. The molecule has 1 atom stereocenters. The molecular formula is C19H21ClN2O4. The van der Waals surface area contributed by atoms with E-state index < -0.39 is 6.10 Å². The fourth-order valence-electron chi connectivity index (χ4n) is 2.76. The summed E-state index contributed by atoms with van der Waals surface area (Å²) in [5.41, 5.74) is 2.38. The Morgan fingerprint density at radius 3 is 2.96 bits per heavy atom. The fourth-order valence-corrected chi connectivity index (χ4v) is 2.98. The number of nitrogens with zero attached hydrogens (tertiary/aromatic N) is 1. The number of carbonyl (C=O) groups is 1. The summed E-state index contributed by atoms with van der Waals surface area (Å²) in [6, 6.07) is 12.7. The largest absolute Gasteiger partial charge is 0.389 e. The topological polar surface area (TPSA) is 71.0 Å². The highest BCUT2D eigenvalue weighted by atomic mass is 35.5. The number of aliphatic hydroxyl groups excluding tert-OH is 1. The summed E-state index contributed by atoms with van der Waals surface area (Å²) in [6.45, 7) is 1.02. The van der Waals surface area contributed by atoms with Crippen LogP contribution in [0.4, 0.5) is 5.69 Å². The molecule has 1 aliphatic rings. The first-order valence-corrected chi connectivity index (χ1v) is 8.76. The molecular weight excluding hydrogens is 356 g/mol. The van der Waals surface area contributed by atoms with Gasteiger partial charge in [0.15, 0.2) is 5.75 Å². The van der Waals surface area contributed by atoms with Crippen molar-refractivity contribution >= 4 is 23.2 Å². The maximum atomic E-state index is 12.1. The molecule has 0 bridgehead atoms. The number of hydrogen-bond acceptors (Lipinski definition) is 5. The number of amides is 1. The predicted molar refractivity (Wildman–Crippen MR) is 99.8 cm³/mol. The van der Waals surface area contributed by atoms with Gasteiger partial charge in [-0.15, -0.1) is 0 Å². The van der Waals surface area contributed by atoms with Crippen molar-refractivity contribution in [2.24, 2.45) is 0 Å². The van der Waals surface area contributed by atoms with Gasteiger partial charge in [-0.3, -0.25) is 4.79 Å². The van der Waals surface area contributed by atoms with E-state index in [-0.39, 0.29) is 12.5 Å². The molecule has 0 saturated heterocycles. The molecule has 0 saturated carbocycles. The van der Waals surface area contributed by atoms with E-state index in [1.54, 1.807) is 24.3 Å². The smallest absolute Gasteiger partial charge is 0.252 e. The van der Waals surface area contributed by atoms with Crippen LogP contribution in [0.15, 0.2) is 42.5 Å². The van der Waals surface area contributed by atoms with Gasteiger partial charge < -0.3 is 20.2 Å². The zero-order valence-corrected chi connectivity index (χ0v) is 15.2. The summed E-state index contributed by atoms with van der Waals surface area (Å²) in [7, 11) is 1.87. The molecule has 0 radical (unpaired) electrons. The highest BCUT2D eigenvalue weighted by molar-refractivity contribution is 6.33. The van der Waals surface area contributed by atoms with Crippen molar-refractivity contribution in [3.05, 3.63) is 58.6 Å². The molecule has 1 heterocycles. The highest BCUT2D eigenvalue weighted by Crippen LogP contribution is 2.28. The molecule has 0 fully saturated rings. The van der Waals surface area contributed by atoms with Crippen LogP contribution >= 0.6 is 11.6 Å². The lowest BCUT2D eigenvalue weighted by molar-refractivity contribution is -0.215. The Bertz CT molecular complexity index is 784. The maximum absolute atomic E-state index is 12.1. The van der Waals surface area contributed by atoms with Gasteiger partial charge in [0.1, 0.15) is 0 Å². The number of aliphatic hydroxyl groups is 1. The quantitative estimate of drug-likeness (QED) is 0.758. The first kappa shape index (κ1) is 18.5. The average molecular weight is 377 g/mol. The van der Waals surface area contributed by atoms with E-state index >= 15 is 0 Å². The van der Waals surface area contributed by atoms with Crippen LogP contribution in [0, 0.1) is 0 Å². The SMILES string of the molecule is CN(CC(O)CNC(=O)c1ccccc1Cl)c1ccc2c(c1)OOCC2. The zero-order valence-electron chi connectivity index (χ0n) is 14.4. The first-order chi connectivity index (χ1) is 12.5. The van der Waals surface area contributed by atoms with Gasteiger partial charge in [0, 0.05) is 43.9 Å². The predicted octanol–water partition coefficient (Wildman–Crippen LogP) is 2.43. The second-order valence-electron chi connectivity index (χ2n) is 6.17. The number of likely N-dealkylation sites (N-methyl/N-ethyl adjacent to an activating group) is 1. The molecule has 26 heavy (non-hydrogen) atoms. The number of hydrogen-bond donors (Lipinski definition) is 2. The third-order valence-corrected chi connectivity index (χ3v) is 4.53. The lowest BCUT2D eigenvalue weighted by Crippen LogP contribution is -2.39. The van der Waals surface area contributed by atoms with Gasteiger partial charge in [-0.25, -0.2) is 0 Å². The first-order valence-electron chi connectivity index (χ1n) is 8.39. The van der Waals surface area contributed by atoms with Crippen LogP contribution < -0.4 is 15.1 Å². The van der Waals surface area contributed by atoms with Crippen LogP contribution in [-0.2, 0) is 11.3 Å². The Balaban J connectivity index is 1.53. The van der Waals surface area contributed by atoms with Crippen molar-refractivity contribution in [1.82, 2.24) is 5.32 Å². The summed E-state index contributed by atoms with van der Waals surface area (Å²) >= 11 is 6.00. The van der Waals surface area contributed by atoms with Crippen molar-refractivity contribution in [1.29, 1.82) is 0 Å². The Morgan fingerprint density at radius 2 is 2.15 bits per heavy atom. The van der Waals surface area contributed by atoms with E-state index in [2.05, 4.69) is 5.32 Å². The lowest BCUT2D eigenvalue weighted by atomic mass is 10.1. The number of anilines is 1. The van der Waals surface area contributed by atoms with Crippen LogP contribution in [0.25, 0.3) is 0 Å². The molecule has 0 spiro atoms. The molecule has 2 N–H and O–H groups in total. The number of halogens is 1. The Hall–Kier alpha value is -2.28. The molecule has 2 aromatic carbocycles. The standard InChI is InChI=1S/C19H21ClN2O4/c1-22(14-7-6-13-8-9-25-26-18(13)10-14)12-15(23)11-21-19(24)16-4-2-3-5-17(16)20/h2-7,10,15,23H,8-9,11-12H2,1H3,(H,21,24). The van der Waals surface area contributed by atoms with Crippen LogP contribution in [0.1, 0.15) is 15.9 Å². The van der Waals surface area contributed by atoms with Gasteiger partial charge >= 0.3 is 0 Å². The maximum Gasteiger partial charge on any atom is 0.252 e. The van der Waals surface area contributed by atoms with Gasteiger partial charge in [0.25, 0.3) is 5.91 Å². The van der Waals surface area contributed by atoms with Gasteiger partial charge in [0.05, 0.1) is 23.3 Å². The Morgan fingerprint density at radius 1 is 1.35 bits per heavy atom. The molecule has 0 aromatic heterocycles. The van der Waals surface area contributed by atoms with Gasteiger partial charge in [-0.2, -0.15) is 4.89 Å². The van der Waals surface area contributed by atoms with Crippen molar-refractivity contribution in [2.75, 3.05) is 31.6 Å². The molecule has 1 amide bonds. The van der Waals surface area contributed by atoms with E-state index in [0.717, 1.165) is 17.7 Å². The van der Waals surface area contributed by atoms with Crippen LogP contribution in [0.2, 0.25) is 5.02 Å². The summed E-state index contributed by atoms with van der Waals surface area (Å²) in [6.07, 6.45) is 0.0791. The summed E-state index contributed by atoms with van der Waals surface area (Å²) < 4.78 is 0. The van der Waals surface area contributed by atoms with E-state index in [0.29, 0.717) is 29.5 Å². The van der Waals surface area contributed by atoms with Crippen molar-refractivity contribution in [3.63, 3.8) is 0 Å². The lowest BCUT2D eigenvalue weighted by Gasteiger charge is -2.25. The Kier molecular flexibility index (Phi) is 5.98. The molecule has 0 aliphatic carbocycles. The van der Waals surface area contributed by atoms with Crippen LogP contribution in [0.3, 0.4) is 0 Å². The zero-order chi connectivity index (χ0) is 18.5. The summed E-state index contributed by atoms with van der Waals surface area (Å²) in [4.78, 5) is 24.2. The molecule has 138 valence electrons. The van der Waals surface area contributed by atoms with Gasteiger partial charge in [-0.1, -0.05) is 29.8 Å². The van der Waals surface area contributed by atoms with Crippen LogP contribution in [-0.4, -0.2) is 43.9 Å². The minimum Gasteiger partial charge on any atom is -0.389 e. The number of fused-ring (bicyclic) bond motifs is 1.